The quantitative estimate of drug-likeness (QED) is 0.209. The molecule has 0 fully saturated rings. The van der Waals surface area contributed by atoms with Crippen LogP contribution in [0.4, 0.5) is 13.2 Å². The van der Waals surface area contributed by atoms with Gasteiger partial charge in [0.25, 0.3) is 0 Å². The molecule has 0 unspecified atom stereocenters. The van der Waals surface area contributed by atoms with E-state index in [1.807, 2.05) is 6.07 Å². The normalized spacial score (nSPS) is 11.8. The van der Waals surface area contributed by atoms with Gasteiger partial charge >= 0.3 is 5.97 Å². The average molecular weight is 603 g/mol. The molecule has 2 aromatic heterocycles. The van der Waals surface area contributed by atoms with Crippen molar-refractivity contribution in [1.82, 2.24) is 14.5 Å². The van der Waals surface area contributed by atoms with E-state index in [0.29, 0.717) is 16.9 Å². The minimum atomic E-state index is -1.14. The van der Waals surface area contributed by atoms with Crippen LogP contribution in [0.5, 0.6) is 5.88 Å². The van der Waals surface area contributed by atoms with E-state index in [9.17, 15) is 19.4 Å². The first-order chi connectivity index (χ1) is 21.2. The van der Waals surface area contributed by atoms with Crippen molar-refractivity contribution >= 4 is 17.0 Å². The van der Waals surface area contributed by atoms with Crippen molar-refractivity contribution < 1.29 is 37.7 Å². The second kappa shape index (κ2) is 12.9. The summed E-state index contributed by atoms with van der Waals surface area (Å²) in [4.78, 5) is 20.3. The fourth-order valence-electron chi connectivity index (χ4n) is 4.68. The standard InChI is InChI=1S/C32H25F3N4O5/c1-43-22(16-40)15-39-29-11-19(32(41)42)7-8-28(29)37-30(39)12-21-10-26(35)23(13-25(21)34)27-3-2-4-31(38-27)44-17-20-6-5-18(14-36)9-24(20)33/h2-11,13,22,40H,12,15-17H2,1H3,(H,41,42)/t22-/m1/s1. The molecule has 12 heteroatoms. The Morgan fingerprint density at radius 2 is 1.80 bits per heavy atom. The Morgan fingerprint density at radius 1 is 1.00 bits per heavy atom. The SMILES string of the molecule is CO[C@@H](CO)Cn1c(Cc2cc(F)c(-c3cccc(OCc4ccc(C#N)cc4F)n3)cc2F)nc2ccc(C(=O)O)cc21. The molecule has 5 rings (SSSR count). The zero-order valence-corrected chi connectivity index (χ0v) is 23.3. The first-order valence-corrected chi connectivity index (χ1v) is 13.3. The van der Waals surface area contributed by atoms with Crippen LogP contribution in [0.15, 0.2) is 66.7 Å². The highest BCUT2D eigenvalue weighted by Gasteiger charge is 2.20. The summed E-state index contributed by atoms with van der Waals surface area (Å²) in [5.41, 5.74) is 1.21. The van der Waals surface area contributed by atoms with Crippen LogP contribution in [0.3, 0.4) is 0 Å². The number of aromatic nitrogens is 3. The second-order valence-corrected chi connectivity index (χ2v) is 9.86. The summed E-state index contributed by atoms with van der Waals surface area (Å²) in [6.45, 7) is -0.434. The zero-order chi connectivity index (χ0) is 31.4. The molecule has 224 valence electrons. The molecule has 0 spiro atoms. The number of methoxy groups -OCH3 is 1. The van der Waals surface area contributed by atoms with Crippen molar-refractivity contribution in [3.8, 4) is 23.2 Å². The van der Waals surface area contributed by atoms with Gasteiger partial charge in [-0.05, 0) is 54.1 Å². The Hall–Kier alpha value is -5.25. The van der Waals surface area contributed by atoms with E-state index in [-0.39, 0.29) is 65.6 Å². The van der Waals surface area contributed by atoms with Crippen molar-refractivity contribution in [2.24, 2.45) is 0 Å². The van der Waals surface area contributed by atoms with Crippen molar-refractivity contribution in [2.75, 3.05) is 13.7 Å². The Morgan fingerprint density at radius 3 is 2.50 bits per heavy atom. The largest absolute Gasteiger partial charge is 0.478 e. The van der Waals surface area contributed by atoms with Crippen LogP contribution < -0.4 is 4.74 Å². The lowest BCUT2D eigenvalue weighted by Gasteiger charge is -2.16. The second-order valence-electron chi connectivity index (χ2n) is 9.86. The summed E-state index contributed by atoms with van der Waals surface area (Å²) in [5, 5.41) is 28.0. The topological polar surface area (TPSA) is 130 Å². The molecule has 0 radical (unpaired) electrons. The van der Waals surface area contributed by atoms with Gasteiger partial charge in [-0.3, -0.25) is 0 Å². The number of fused-ring (bicyclic) bond motifs is 1. The highest BCUT2D eigenvalue weighted by atomic mass is 19.1. The molecule has 9 nitrogen and oxygen atoms in total. The predicted octanol–water partition coefficient (Wildman–Crippen LogP) is 5.26. The number of hydrogen-bond donors (Lipinski definition) is 2. The molecule has 0 saturated heterocycles. The number of rotatable bonds is 11. The fourth-order valence-corrected chi connectivity index (χ4v) is 4.68. The van der Waals surface area contributed by atoms with Gasteiger partial charge < -0.3 is 24.3 Å². The van der Waals surface area contributed by atoms with Gasteiger partial charge in [-0.1, -0.05) is 12.1 Å². The summed E-state index contributed by atoms with van der Waals surface area (Å²) in [7, 11) is 1.41. The molecule has 0 aliphatic heterocycles. The van der Waals surface area contributed by atoms with Gasteiger partial charge in [-0.15, -0.1) is 0 Å². The molecule has 0 bridgehead atoms. The highest BCUT2D eigenvalue weighted by molar-refractivity contribution is 5.92. The molecule has 0 aliphatic carbocycles. The predicted molar refractivity (Wildman–Crippen MR) is 152 cm³/mol. The lowest BCUT2D eigenvalue weighted by Crippen LogP contribution is -2.24. The molecule has 3 aromatic carbocycles. The van der Waals surface area contributed by atoms with E-state index < -0.39 is 29.5 Å². The number of nitriles is 1. The fraction of sp³-hybridized carbons (Fsp3) is 0.188. The van der Waals surface area contributed by atoms with Crippen molar-refractivity contribution in [3.63, 3.8) is 0 Å². The number of imidazole rings is 1. The molecule has 44 heavy (non-hydrogen) atoms. The number of halogens is 3. The summed E-state index contributed by atoms with van der Waals surface area (Å²) in [6, 6.07) is 16.7. The number of ether oxygens (including phenoxy) is 2. The maximum atomic E-state index is 15.5. The number of hydrogen-bond acceptors (Lipinski definition) is 7. The van der Waals surface area contributed by atoms with Crippen LogP contribution in [-0.2, 0) is 24.3 Å². The highest BCUT2D eigenvalue weighted by Crippen LogP contribution is 2.28. The van der Waals surface area contributed by atoms with Crippen LogP contribution in [0, 0.1) is 28.8 Å². The summed E-state index contributed by atoms with van der Waals surface area (Å²) < 4.78 is 57.6. The number of nitrogens with zero attached hydrogens (tertiary/aromatic N) is 4. The Bertz CT molecular complexity index is 1900. The molecule has 0 amide bonds. The van der Waals surface area contributed by atoms with Crippen molar-refractivity contribution in [1.29, 1.82) is 5.26 Å². The van der Waals surface area contributed by atoms with E-state index in [0.717, 1.165) is 18.2 Å². The third-order valence-corrected chi connectivity index (χ3v) is 7.04. The first-order valence-electron chi connectivity index (χ1n) is 13.3. The Labute approximate surface area is 249 Å². The number of aliphatic hydroxyl groups is 1. The smallest absolute Gasteiger partial charge is 0.335 e. The Kier molecular flexibility index (Phi) is 8.89. The van der Waals surface area contributed by atoms with Crippen LogP contribution in [0.25, 0.3) is 22.3 Å². The van der Waals surface area contributed by atoms with Gasteiger partial charge in [0.2, 0.25) is 5.88 Å². The van der Waals surface area contributed by atoms with Crippen LogP contribution in [-0.4, -0.2) is 50.5 Å². The zero-order valence-electron chi connectivity index (χ0n) is 23.3. The molecular weight excluding hydrogens is 577 g/mol. The molecule has 1 atom stereocenters. The number of benzene rings is 3. The van der Waals surface area contributed by atoms with E-state index in [2.05, 4.69) is 9.97 Å². The van der Waals surface area contributed by atoms with E-state index in [1.54, 1.807) is 10.6 Å². The van der Waals surface area contributed by atoms with E-state index in [4.69, 9.17) is 14.7 Å². The maximum Gasteiger partial charge on any atom is 0.335 e. The summed E-state index contributed by atoms with van der Waals surface area (Å²) >= 11 is 0. The molecule has 2 heterocycles. The van der Waals surface area contributed by atoms with Gasteiger partial charge in [0.1, 0.15) is 29.9 Å². The lowest BCUT2D eigenvalue weighted by molar-refractivity contribution is 0.0375. The molecule has 2 N–H and O–H groups in total. The molecule has 0 saturated carbocycles. The minimum absolute atomic E-state index is 0.0112. The third-order valence-electron chi connectivity index (χ3n) is 7.04. The molecule has 0 aliphatic rings. The van der Waals surface area contributed by atoms with Crippen molar-refractivity contribution in [3.05, 3.63) is 112 Å². The number of aromatic carboxylic acids is 1. The number of carboxylic acid groups (broad SMARTS) is 1. The molecule has 5 aromatic rings. The van der Waals surface area contributed by atoms with Gasteiger partial charge in [0.05, 0.1) is 53.2 Å². The van der Waals surface area contributed by atoms with Crippen molar-refractivity contribution in [2.45, 2.75) is 25.7 Å². The average Bonchev–Trinajstić information content (AvgIpc) is 3.36. The summed E-state index contributed by atoms with van der Waals surface area (Å²) in [6.07, 6.45) is -0.799. The maximum absolute atomic E-state index is 15.5. The van der Waals surface area contributed by atoms with Gasteiger partial charge in [0, 0.05) is 30.7 Å². The van der Waals surface area contributed by atoms with Gasteiger partial charge in [-0.25, -0.2) is 27.9 Å². The van der Waals surface area contributed by atoms with E-state index in [1.165, 1.54) is 49.6 Å². The minimum Gasteiger partial charge on any atom is -0.478 e. The van der Waals surface area contributed by atoms with Crippen LogP contribution >= 0.6 is 0 Å². The van der Waals surface area contributed by atoms with Gasteiger partial charge in [0.15, 0.2) is 0 Å². The monoisotopic (exact) mass is 602 g/mol. The first kappa shape index (κ1) is 30.2. The number of carbonyl (C=O) groups is 1. The van der Waals surface area contributed by atoms with E-state index >= 15 is 8.78 Å². The Balaban J connectivity index is 1.42. The third kappa shape index (κ3) is 6.39. The van der Waals surface area contributed by atoms with Crippen LogP contribution in [0.2, 0.25) is 0 Å². The van der Waals surface area contributed by atoms with Gasteiger partial charge in [-0.2, -0.15) is 5.26 Å². The number of pyridine rings is 1. The molecular formula is C32H25F3N4O5. The summed E-state index contributed by atoms with van der Waals surface area (Å²) in [5.74, 6) is -2.88. The number of carboxylic acids is 1. The van der Waals surface area contributed by atoms with Crippen LogP contribution in [0.1, 0.15) is 32.9 Å². The lowest BCUT2D eigenvalue weighted by atomic mass is 10.0. The number of aliphatic hydroxyl groups excluding tert-OH is 1.